The fourth-order valence-electron chi connectivity index (χ4n) is 1.65. The summed E-state index contributed by atoms with van der Waals surface area (Å²) in [4.78, 5) is 0. The summed E-state index contributed by atoms with van der Waals surface area (Å²) in [5, 5.41) is 0. The quantitative estimate of drug-likeness (QED) is 0.421. The third-order valence-electron chi connectivity index (χ3n) is 2.30. The molecule has 44 valence electrons. The Morgan fingerprint density at radius 2 is 1.12 bits per heavy atom. The van der Waals surface area contributed by atoms with E-state index in [4.69, 9.17) is 9.47 Å². The molecule has 1 aliphatic carbocycles. The highest BCUT2D eigenvalue weighted by Gasteiger charge is 2.56. The molecule has 0 amide bonds. The van der Waals surface area contributed by atoms with Crippen molar-refractivity contribution in [3.05, 3.63) is 0 Å². The third kappa shape index (κ3) is 0.361. The zero-order chi connectivity index (χ0) is 5.14. The van der Waals surface area contributed by atoms with E-state index in [1.807, 2.05) is 0 Å². The van der Waals surface area contributed by atoms with Gasteiger partial charge in [0.1, 0.15) is 0 Å². The maximum absolute atomic E-state index is 5.30. The van der Waals surface area contributed by atoms with Gasteiger partial charge in [-0.15, -0.1) is 0 Å². The maximum Gasteiger partial charge on any atom is 0.0868 e. The van der Waals surface area contributed by atoms with Crippen LogP contribution in [0.4, 0.5) is 0 Å². The lowest BCUT2D eigenvalue weighted by Crippen LogP contribution is -2.10. The molecule has 0 unspecified atom stereocenters. The number of rotatable bonds is 0. The van der Waals surface area contributed by atoms with Gasteiger partial charge in [0.2, 0.25) is 0 Å². The van der Waals surface area contributed by atoms with Crippen molar-refractivity contribution in [1.29, 1.82) is 0 Å². The summed E-state index contributed by atoms with van der Waals surface area (Å²) in [6.07, 6.45) is 4.74. The summed E-state index contributed by atoms with van der Waals surface area (Å²) in [6.45, 7) is 0. The van der Waals surface area contributed by atoms with E-state index in [9.17, 15) is 0 Å². The van der Waals surface area contributed by atoms with Crippen LogP contribution in [-0.2, 0) is 9.47 Å². The average Bonchev–Trinajstić information content (AvgIpc) is 2.45. The highest BCUT2D eigenvalue weighted by atomic mass is 16.6. The second kappa shape index (κ2) is 0.957. The Hall–Kier alpha value is -0.0800. The lowest BCUT2D eigenvalue weighted by molar-refractivity contribution is 0.295. The van der Waals surface area contributed by atoms with Gasteiger partial charge in [-0.05, 0) is 0 Å². The lowest BCUT2D eigenvalue weighted by Gasteiger charge is -1.94. The molecule has 0 aromatic heterocycles. The largest absolute Gasteiger partial charge is 0.369 e. The Balaban J connectivity index is 1.85. The number of hydrogen-bond donors (Lipinski definition) is 0. The van der Waals surface area contributed by atoms with Gasteiger partial charge in [0, 0.05) is 12.8 Å². The van der Waals surface area contributed by atoms with Gasteiger partial charge in [-0.25, -0.2) is 0 Å². The van der Waals surface area contributed by atoms with E-state index in [1.54, 1.807) is 0 Å². The van der Waals surface area contributed by atoms with Gasteiger partial charge in [-0.2, -0.15) is 0 Å². The zero-order valence-electron chi connectivity index (χ0n) is 4.54. The number of ether oxygens (including phenoxy) is 2. The maximum atomic E-state index is 5.30. The molecule has 2 nitrogen and oxygen atoms in total. The summed E-state index contributed by atoms with van der Waals surface area (Å²) >= 11 is 0. The van der Waals surface area contributed by atoms with Crippen LogP contribution in [0.5, 0.6) is 0 Å². The van der Waals surface area contributed by atoms with E-state index >= 15 is 0 Å². The molecule has 3 aliphatic rings. The number of epoxide rings is 2. The van der Waals surface area contributed by atoms with Crippen molar-refractivity contribution in [1.82, 2.24) is 0 Å². The normalized spacial score (nSPS) is 66.0. The van der Waals surface area contributed by atoms with Crippen molar-refractivity contribution in [2.24, 2.45) is 0 Å². The van der Waals surface area contributed by atoms with Crippen LogP contribution in [0.1, 0.15) is 12.8 Å². The summed E-state index contributed by atoms with van der Waals surface area (Å²) < 4.78 is 10.6. The van der Waals surface area contributed by atoms with Crippen molar-refractivity contribution in [2.45, 2.75) is 37.3 Å². The average molecular weight is 112 g/mol. The minimum atomic E-state index is 0.596. The Morgan fingerprint density at radius 3 is 1.50 bits per heavy atom. The molecule has 8 heavy (non-hydrogen) atoms. The Morgan fingerprint density at radius 1 is 0.750 bits per heavy atom. The Labute approximate surface area is 47.8 Å². The summed E-state index contributed by atoms with van der Waals surface area (Å²) in [6, 6.07) is 0. The van der Waals surface area contributed by atoms with Crippen molar-refractivity contribution in [3.8, 4) is 0 Å². The van der Waals surface area contributed by atoms with Crippen LogP contribution in [-0.4, -0.2) is 24.4 Å². The van der Waals surface area contributed by atoms with Crippen molar-refractivity contribution < 1.29 is 9.47 Å². The molecule has 3 fully saturated rings. The first-order valence-corrected chi connectivity index (χ1v) is 3.24. The van der Waals surface area contributed by atoms with Gasteiger partial charge in [-0.3, -0.25) is 0 Å². The first-order chi connectivity index (χ1) is 3.93. The molecule has 2 aliphatic heterocycles. The second-order valence-electron chi connectivity index (χ2n) is 2.90. The monoisotopic (exact) mass is 112 g/mol. The molecule has 1 saturated carbocycles. The lowest BCUT2D eigenvalue weighted by atomic mass is 10.0. The van der Waals surface area contributed by atoms with E-state index in [0.717, 1.165) is 0 Å². The van der Waals surface area contributed by atoms with Gasteiger partial charge < -0.3 is 9.47 Å². The standard InChI is InChI=1S/C6H8O2/c1-3-5(7-3)2-6-4(1)8-6/h3-6H,1-2H2/t3-,4+,5-,6+. The SMILES string of the molecule is C1[C@@H]2O[C@H]2C[C@H]2O[C@H]12. The van der Waals surface area contributed by atoms with E-state index in [0.29, 0.717) is 24.4 Å². The van der Waals surface area contributed by atoms with Crippen LogP contribution in [0, 0.1) is 0 Å². The van der Waals surface area contributed by atoms with Crippen molar-refractivity contribution >= 4 is 0 Å². The molecule has 3 rings (SSSR count). The zero-order valence-corrected chi connectivity index (χ0v) is 4.54. The van der Waals surface area contributed by atoms with E-state index in [2.05, 4.69) is 0 Å². The van der Waals surface area contributed by atoms with Gasteiger partial charge in [-0.1, -0.05) is 0 Å². The molecule has 2 saturated heterocycles. The molecular weight excluding hydrogens is 104 g/mol. The molecule has 0 bridgehead atoms. The first kappa shape index (κ1) is 3.85. The first-order valence-electron chi connectivity index (χ1n) is 3.24. The second-order valence-corrected chi connectivity index (χ2v) is 2.90. The topological polar surface area (TPSA) is 25.1 Å². The van der Waals surface area contributed by atoms with Crippen LogP contribution in [0.3, 0.4) is 0 Å². The summed E-state index contributed by atoms with van der Waals surface area (Å²) in [5.41, 5.74) is 0. The Kier molecular flexibility index (Phi) is 0.461. The molecule has 0 radical (unpaired) electrons. The minimum Gasteiger partial charge on any atom is -0.369 e. The number of hydrogen-bond acceptors (Lipinski definition) is 2. The fourth-order valence-corrected chi connectivity index (χ4v) is 1.65. The van der Waals surface area contributed by atoms with Crippen molar-refractivity contribution in [2.75, 3.05) is 0 Å². The van der Waals surface area contributed by atoms with Crippen LogP contribution in [0.15, 0.2) is 0 Å². The molecule has 2 heteroatoms. The predicted octanol–water partition coefficient (Wildman–Crippen LogP) is 0.315. The summed E-state index contributed by atoms with van der Waals surface area (Å²) in [7, 11) is 0. The Bertz CT molecular complexity index is 106. The van der Waals surface area contributed by atoms with E-state index in [1.165, 1.54) is 12.8 Å². The van der Waals surface area contributed by atoms with Gasteiger partial charge in [0.25, 0.3) is 0 Å². The molecule has 0 aromatic carbocycles. The van der Waals surface area contributed by atoms with Crippen LogP contribution < -0.4 is 0 Å². The molecule has 2 heterocycles. The highest BCUT2D eigenvalue weighted by molar-refractivity contribution is 5.03. The van der Waals surface area contributed by atoms with Crippen molar-refractivity contribution in [3.63, 3.8) is 0 Å². The third-order valence-corrected chi connectivity index (χ3v) is 2.30. The molecule has 4 atom stereocenters. The van der Waals surface area contributed by atoms with Gasteiger partial charge in [0.15, 0.2) is 0 Å². The highest BCUT2D eigenvalue weighted by Crippen LogP contribution is 2.46. The molecule has 0 aromatic rings. The fraction of sp³-hybridized carbons (Fsp3) is 1.00. The van der Waals surface area contributed by atoms with Crippen LogP contribution in [0.2, 0.25) is 0 Å². The molecular formula is C6H8O2. The van der Waals surface area contributed by atoms with Gasteiger partial charge in [0.05, 0.1) is 24.4 Å². The number of fused-ring (bicyclic) bond motifs is 2. The van der Waals surface area contributed by atoms with Gasteiger partial charge >= 0.3 is 0 Å². The predicted molar refractivity (Wildman–Crippen MR) is 26.6 cm³/mol. The molecule has 0 N–H and O–H groups in total. The van der Waals surface area contributed by atoms with Crippen LogP contribution >= 0.6 is 0 Å². The van der Waals surface area contributed by atoms with Crippen LogP contribution in [0.25, 0.3) is 0 Å². The van der Waals surface area contributed by atoms with E-state index < -0.39 is 0 Å². The smallest absolute Gasteiger partial charge is 0.0868 e. The van der Waals surface area contributed by atoms with E-state index in [-0.39, 0.29) is 0 Å². The molecule has 0 spiro atoms. The minimum absolute atomic E-state index is 0.596. The summed E-state index contributed by atoms with van der Waals surface area (Å²) in [5.74, 6) is 0.